The molecule has 0 aromatic heterocycles. The number of hydrogen-bond donors (Lipinski definition) is 2. The van der Waals surface area contributed by atoms with Gasteiger partial charge < -0.3 is 20.1 Å². The van der Waals surface area contributed by atoms with Crippen LogP contribution in [-0.4, -0.2) is 38.8 Å². The van der Waals surface area contributed by atoms with Gasteiger partial charge >= 0.3 is 0 Å². The minimum absolute atomic E-state index is 0. The molecule has 1 aliphatic heterocycles. The first-order valence-corrected chi connectivity index (χ1v) is 8.48. The SMILES string of the molecule is COc1ccc(C2(NC(=O)CC3COCCN3)CCCC2)cc1.Cl. The van der Waals surface area contributed by atoms with Crippen LogP contribution in [0.5, 0.6) is 5.75 Å². The molecule has 0 bridgehead atoms. The van der Waals surface area contributed by atoms with Crippen LogP contribution in [-0.2, 0) is 15.1 Å². The minimum Gasteiger partial charge on any atom is -0.497 e. The lowest BCUT2D eigenvalue weighted by atomic mass is 9.87. The molecule has 0 spiro atoms. The highest BCUT2D eigenvalue weighted by atomic mass is 35.5. The minimum atomic E-state index is -0.223. The van der Waals surface area contributed by atoms with E-state index in [9.17, 15) is 4.79 Å². The molecule has 1 heterocycles. The lowest BCUT2D eigenvalue weighted by Crippen LogP contribution is -2.48. The summed E-state index contributed by atoms with van der Waals surface area (Å²) < 4.78 is 10.7. The number of methoxy groups -OCH3 is 1. The predicted molar refractivity (Wildman–Crippen MR) is 95.8 cm³/mol. The largest absolute Gasteiger partial charge is 0.497 e. The molecule has 2 fully saturated rings. The van der Waals surface area contributed by atoms with Gasteiger partial charge in [0, 0.05) is 19.0 Å². The summed E-state index contributed by atoms with van der Waals surface area (Å²) in [5, 5.41) is 6.66. The van der Waals surface area contributed by atoms with Gasteiger partial charge in [0.15, 0.2) is 0 Å². The fourth-order valence-electron chi connectivity index (χ4n) is 3.67. The number of carbonyl (C=O) groups is 1. The average Bonchev–Trinajstić information content (AvgIpc) is 3.05. The van der Waals surface area contributed by atoms with E-state index in [0.717, 1.165) is 44.6 Å². The average molecular weight is 355 g/mol. The third-order valence-corrected chi connectivity index (χ3v) is 4.91. The van der Waals surface area contributed by atoms with Crippen molar-refractivity contribution in [2.45, 2.75) is 43.7 Å². The van der Waals surface area contributed by atoms with Crippen LogP contribution in [0.15, 0.2) is 24.3 Å². The maximum absolute atomic E-state index is 12.5. The van der Waals surface area contributed by atoms with E-state index >= 15 is 0 Å². The third-order valence-electron chi connectivity index (χ3n) is 4.91. The molecular weight excluding hydrogens is 328 g/mol. The zero-order valence-electron chi connectivity index (χ0n) is 14.2. The van der Waals surface area contributed by atoms with Gasteiger partial charge in [-0.3, -0.25) is 4.79 Å². The zero-order valence-corrected chi connectivity index (χ0v) is 15.0. The van der Waals surface area contributed by atoms with Crippen LogP contribution in [0.25, 0.3) is 0 Å². The van der Waals surface area contributed by atoms with Gasteiger partial charge in [-0.1, -0.05) is 25.0 Å². The van der Waals surface area contributed by atoms with E-state index in [1.165, 1.54) is 5.56 Å². The highest BCUT2D eigenvalue weighted by Gasteiger charge is 2.37. The van der Waals surface area contributed by atoms with E-state index in [0.29, 0.717) is 13.0 Å². The van der Waals surface area contributed by atoms with E-state index < -0.39 is 0 Å². The quantitative estimate of drug-likeness (QED) is 0.852. The van der Waals surface area contributed by atoms with Crippen molar-refractivity contribution in [3.8, 4) is 5.75 Å². The van der Waals surface area contributed by atoms with Crippen molar-refractivity contribution >= 4 is 18.3 Å². The summed E-state index contributed by atoms with van der Waals surface area (Å²) in [6.45, 7) is 2.17. The molecule has 3 rings (SSSR count). The van der Waals surface area contributed by atoms with Gasteiger partial charge in [0.1, 0.15) is 5.75 Å². The van der Waals surface area contributed by atoms with Crippen molar-refractivity contribution in [2.75, 3.05) is 26.9 Å². The second-order valence-electron chi connectivity index (χ2n) is 6.50. The van der Waals surface area contributed by atoms with Crippen molar-refractivity contribution in [2.24, 2.45) is 0 Å². The number of nitrogens with one attached hydrogen (secondary N) is 2. The highest BCUT2D eigenvalue weighted by molar-refractivity contribution is 5.85. The van der Waals surface area contributed by atoms with Crippen molar-refractivity contribution in [1.82, 2.24) is 10.6 Å². The molecule has 1 saturated heterocycles. The van der Waals surface area contributed by atoms with Gasteiger partial charge in [-0.05, 0) is 30.5 Å². The Hall–Kier alpha value is -1.30. The standard InChI is InChI=1S/C18H26N2O3.ClH/c1-22-16-6-4-14(5-7-16)18(8-2-3-9-18)20-17(21)12-15-13-23-11-10-19-15;/h4-7,15,19H,2-3,8-13H2,1H3,(H,20,21);1H. The smallest absolute Gasteiger partial charge is 0.222 e. The molecule has 24 heavy (non-hydrogen) atoms. The van der Waals surface area contributed by atoms with Crippen molar-refractivity contribution < 1.29 is 14.3 Å². The number of ether oxygens (including phenoxy) is 2. The first-order chi connectivity index (χ1) is 11.2. The molecule has 2 aliphatic rings. The molecule has 1 saturated carbocycles. The molecule has 1 aromatic carbocycles. The number of rotatable bonds is 5. The highest BCUT2D eigenvalue weighted by Crippen LogP contribution is 2.39. The Kier molecular flexibility index (Phi) is 6.90. The van der Waals surface area contributed by atoms with Crippen LogP contribution in [0.1, 0.15) is 37.7 Å². The van der Waals surface area contributed by atoms with Gasteiger partial charge in [0.05, 0.1) is 25.9 Å². The molecule has 134 valence electrons. The monoisotopic (exact) mass is 354 g/mol. The van der Waals surface area contributed by atoms with E-state index in [-0.39, 0.29) is 29.9 Å². The lowest BCUT2D eigenvalue weighted by molar-refractivity contribution is -0.124. The molecule has 1 aliphatic carbocycles. The molecule has 5 nitrogen and oxygen atoms in total. The number of morpholine rings is 1. The Labute approximate surface area is 149 Å². The Balaban J connectivity index is 0.00000208. The molecule has 1 aromatic rings. The Morgan fingerprint density at radius 3 is 2.62 bits per heavy atom. The number of benzene rings is 1. The summed E-state index contributed by atoms with van der Waals surface area (Å²) in [5.74, 6) is 0.947. The number of amides is 1. The number of halogens is 1. The summed E-state index contributed by atoms with van der Waals surface area (Å²) >= 11 is 0. The molecule has 6 heteroatoms. The Morgan fingerprint density at radius 1 is 1.33 bits per heavy atom. The summed E-state index contributed by atoms with van der Waals surface area (Å²) in [6, 6.07) is 8.22. The van der Waals surface area contributed by atoms with Crippen LogP contribution in [0.3, 0.4) is 0 Å². The van der Waals surface area contributed by atoms with Gasteiger partial charge in [-0.2, -0.15) is 0 Å². The lowest BCUT2D eigenvalue weighted by Gasteiger charge is -2.32. The summed E-state index contributed by atoms with van der Waals surface area (Å²) in [6.07, 6.45) is 4.77. The maximum Gasteiger partial charge on any atom is 0.222 e. The first kappa shape index (κ1) is 19.0. The summed E-state index contributed by atoms with van der Waals surface area (Å²) in [5.41, 5.74) is 0.954. The summed E-state index contributed by atoms with van der Waals surface area (Å²) in [4.78, 5) is 12.5. The molecule has 2 N–H and O–H groups in total. The van der Waals surface area contributed by atoms with E-state index in [2.05, 4.69) is 22.8 Å². The summed E-state index contributed by atoms with van der Waals surface area (Å²) in [7, 11) is 1.67. The van der Waals surface area contributed by atoms with Crippen molar-refractivity contribution in [3.05, 3.63) is 29.8 Å². The zero-order chi connectivity index (χ0) is 16.1. The van der Waals surface area contributed by atoms with Crippen LogP contribution < -0.4 is 15.4 Å². The molecule has 0 radical (unpaired) electrons. The van der Waals surface area contributed by atoms with Gasteiger partial charge in [-0.25, -0.2) is 0 Å². The normalized spacial score (nSPS) is 22.5. The second-order valence-corrected chi connectivity index (χ2v) is 6.50. The van der Waals surface area contributed by atoms with E-state index in [4.69, 9.17) is 9.47 Å². The van der Waals surface area contributed by atoms with E-state index in [1.807, 2.05) is 12.1 Å². The molecule has 1 atom stereocenters. The third kappa shape index (κ3) is 4.41. The van der Waals surface area contributed by atoms with Gasteiger partial charge in [0.25, 0.3) is 0 Å². The second kappa shape index (κ2) is 8.70. The van der Waals surface area contributed by atoms with E-state index in [1.54, 1.807) is 7.11 Å². The van der Waals surface area contributed by atoms with Crippen LogP contribution >= 0.6 is 12.4 Å². The predicted octanol–water partition coefficient (Wildman–Crippen LogP) is 2.38. The molecule has 1 unspecified atom stereocenters. The van der Waals surface area contributed by atoms with Crippen LogP contribution in [0.4, 0.5) is 0 Å². The Morgan fingerprint density at radius 2 is 2.04 bits per heavy atom. The fourth-order valence-corrected chi connectivity index (χ4v) is 3.67. The van der Waals surface area contributed by atoms with Crippen molar-refractivity contribution in [3.63, 3.8) is 0 Å². The molecule has 1 amide bonds. The molecular formula is C18H27ClN2O3. The number of carbonyl (C=O) groups excluding carboxylic acids is 1. The van der Waals surface area contributed by atoms with Crippen molar-refractivity contribution in [1.29, 1.82) is 0 Å². The van der Waals surface area contributed by atoms with Crippen LogP contribution in [0.2, 0.25) is 0 Å². The number of hydrogen-bond acceptors (Lipinski definition) is 4. The topological polar surface area (TPSA) is 59.6 Å². The van der Waals surface area contributed by atoms with Gasteiger partial charge in [-0.15, -0.1) is 12.4 Å². The Bertz CT molecular complexity index is 524. The maximum atomic E-state index is 12.5. The first-order valence-electron chi connectivity index (χ1n) is 8.48. The van der Waals surface area contributed by atoms with Gasteiger partial charge in [0.2, 0.25) is 5.91 Å². The van der Waals surface area contributed by atoms with Crippen LogP contribution in [0, 0.1) is 0 Å². The fraction of sp³-hybridized carbons (Fsp3) is 0.611.